The number of likely N-dealkylation sites (N-methyl/N-ethyl adjacent to an activating group) is 1. The molecule has 1 unspecified atom stereocenters. The quantitative estimate of drug-likeness (QED) is 0.769. The van der Waals surface area contributed by atoms with E-state index in [1.165, 1.54) is 33.1 Å². The van der Waals surface area contributed by atoms with E-state index in [0.717, 1.165) is 0 Å². The summed E-state index contributed by atoms with van der Waals surface area (Å²) in [5.41, 5.74) is 0.701. The zero-order chi connectivity index (χ0) is 17.6. The van der Waals surface area contributed by atoms with Crippen LogP contribution in [0.5, 0.6) is 11.5 Å². The van der Waals surface area contributed by atoms with Crippen LogP contribution in [-0.2, 0) is 16.1 Å². The van der Waals surface area contributed by atoms with Gasteiger partial charge in [-0.2, -0.15) is 13.2 Å². The molecule has 8 heteroatoms. The van der Waals surface area contributed by atoms with Gasteiger partial charge in [0.1, 0.15) is 24.2 Å². The fourth-order valence-corrected chi connectivity index (χ4v) is 1.92. The molecule has 5 nitrogen and oxygen atoms in total. The second-order valence-electron chi connectivity index (χ2n) is 4.94. The van der Waals surface area contributed by atoms with Crippen molar-refractivity contribution in [2.45, 2.75) is 25.7 Å². The summed E-state index contributed by atoms with van der Waals surface area (Å²) >= 11 is 0. The Morgan fingerprint density at radius 2 is 1.91 bits per heavy atom. The first-order chi connectivity index (χ1) is 10.7. The second kappa shape index (κ2) is 8.05. The van der Waals surface area contributed by atoms with Gasteiger partial charge in [-0.05, 0) is 19.1 Å². The molecule has 0 fully saturated rings. The Morgan fingerprint density at radius 3 is 2.43 bits per heavy atom. The molecular weight excluding hydrogens is 315 g/mol. The summed E-state index contributed by atoms with van der Waals surface area (Å²) in [7, 11) is 4.48. The number of carbonyl (C=O) groups is 1. The topological polar surface area (TPSA) is 48.0 Å². The van der Waals surface area contributed by atoms with Crippen LogP contribution in [0.3, 0.4) is 0 Å². The summed E-state index contributed by atoms with van der Waals surface area (Å²) in [4.78, 5) is 13.3. The van der Waals surface area contributed by atoms with Gasteiger partial charge in [0, 0.05) is 25.2 Å². The van der Waals surface area contributed by atoms with E-state index in [0.29, 0.717) is 17.1 Å². The van der Waals surface area contributed by atoms with Crippen molar-refractivity contribution in [1.29, 1.82) is 0 Å². The lowest BCUT2D eigenvalue weighted by molar-refractivity contribution is -0.188. The third-order valence-electron chi connectivity index (χ3n) is 3.12. The smallest absolute Gasteiger partial charge is 0.411 e. The number of hydrogen-bond donors (Lipinski definition) is 0. The number of rotatable bonds is 7. The minimum absolute atomic E-state index is 0.172. The van der Waals surface area contributed by atoms with Gasteiger partial charge in [0.2, 0.25) is 0 Å². The first kappa shape index (κ1) is 19.1. The second-order valence-corrected chi connectivity index (χ2v) is 4.94. The Labute approximate surface area is 132 Å². The minimum atomic E-state index is -4.47. The van der Waals surface area contributed by atoms with Gasteiger partial charge in [-0.15, -0.1) is 0 Å². The van der Waals surface area contributed by atoms with Gasteiger partial charge in [0.15, 0.2) is 0 Å². The van der Waals surface area contributed by atoms with E-state index in [-0.39, 0.29) is 6.54 Å². The Bertz CT molecular complexity index is 534. The fourth-order valence-electron chi connectivity index (χ4n) is 1.92. The van der Waals surface area contributed by atoms with E-state index < -0.39 is 24.8 Å². The standard InChI is InChI=1S/C15H20F3NO4/c1-10(23-9-15(16,17)18)14(20)19(2)8-11-5-6-12(21-3)7-13(11)22-4/h5-7,10H,8-9H2,1-4H3. The molecule has 1 amide bonds. The van der Waals surface area contributed by atoms with Gasteiger partial charge >= 0.3 is 6.18 Å². The third kappa shape index (κ3) is 5.97. The summed E-state index contributed by atoms with van der Waals surface area (Å²) in [6.45, 7) is 0.00114. The number of benzene rings is 1. The number of ether oxygens (including phenoxy) is 3. The van der Waals surface area contributed by atoms with Crippen molar-refractivity contribution >= 4 is 5.91 Å². The van der Waals surface area contributed by atoms with Crippen molar-refractivity contribution in [3.63, 3.8) is 0 Å². The first-order valence-electron chi connectivity index (χ1n) is 6.82. The molecule has 0 aromatic heterocycles. The van der Waals surface area contributed by atoms with Crippen molar-refractivity contribution in [2.75, 3.05) is 27.9 Å². The monoisotopic (exact) mass is 335 g/mol. The van der Waals surface area contributed by atoms with E-state index in [9.17, 15) is 18.0 Å². The fraction of sp³-hybridized carbons (Fsp3) is 0.533. The number of alkyl halides is 3. The van der Waals surface area contributed by atoms with Crippen LogP contribution in [0.25, 0.3) is 0 Å². The van der Waals surface area contributed by atoms with Crippen LogP contribution in [0.1, 0.15) is 12.5 Å². The molecule has 0 saturated heterocycles. The van der Waals surface area contributed by atoms with Crippen LogP contribution in [0.4, 0.5) is 13.2 Å². The number of halogens is 3. The molecule has 1 atom stereocenters. The van der Waals surface area contributed by atoms with Gasteiger partial charge < -0.3 is 19.1 Å². The average molecular weight is 335 g/mol. The van der Waals surface area contributed by atoms with Crippen LogP contribution >= 0.6 is 0 Å². The summed E-state index contributed by atoms with van der Waals surface area (Å²) in [5, 5.41) is 0. The average Bonchev–Trinajstić information content (AvgIpc) is 2.51. The van der Waals surface area contributed by atoms with Crippen molar-refractivity contribution in [1.82, 2.24) is 4.90 Å². The zero-order valence-electron chi connectivity index (χ0n) is 13.4. The molecule has 0 radical (unpaired) electrons. The van der Waals surface area contributed by atoms with Crippen molar-refractivity contribution in [2.24, 2.45) is 0 Å². The lowest BCUT2D eigenvalue weighted by Gasteiger charge is -2.23. The van der Waals surface area contributed by atoms with Gasteiger partial charge in [0.05, 0.1) is 14.2 Å². The molecule has 1 aromatic carbocycles. The lowest BCUT2D eigenvalue weighted by Crippen LogP contribution is -2.37. The van der Waals surface area contributed by atoms with Crippen LogP contribution in [0.2, 0.25) is 0 Å². The molecule has 0 saturated carbocycles. The van der Waals surface area contributed by atoms with Gasteiger partial charge in [0.25, 0.3) is 5.91 Å². The van der Waals surface area contributed by atoms with Crippen LogP contribution < -0.4 is 9.47 Å². The maximum atomic E-state index is 12.1. The Balaban J connectivity index is 2.71. The van der Waals surface area contributed by atoms with Crippen LogP contribution in [0, 0.1) is 0 Å². The molecule has 0 heterocycles. The van der Waals surface area contributed by atoms with Crippen molar-refractivity contribution in [3.05, 3.63) is 23.8 Å². The number of hydrogen-bond acceptors (Lipinski definition) is 4. The summed E-state index contributed by atoms with van der Waals surface area (Å²) in [6.07, 6.45) is -5.65. The molecule has 0 bridgehead atoms. The third-order valence-corrected chi connectivity index (χ3v) is 3.12. The molecule has 1 rings (SSSR count). The maximum absolute atomic E-state index is 12.1. The molecule has 130 valence electrons. The Hall–Kier alpha value is -1.96. The SMILES string of the molecule is COc1ccc(CN(C)C(=O)C(C)OCC(F)(F)F)c(OC)c1. The van der Waals surface area contributed by atoms with Crippen LogP contribution in [0.15, 0.2) is 18.2 Å². The predicted molar refractivity (Wildman–Crippen MR) is 77.5 cm³/mol. The van der Waals surface area contributed by atoms with E-state index in [4.69, 9.17) is 9.47 Å². The largest absolute Gasteiger partial charge is 0.497 e. The molecule has 0 N–H and O–H groups in total. The highest BCUT2D eigenvalue weighted by Gasteiger charge is 2.30. The number of nitrogens with zero attached hydrogens (tertiary/aromatic N) is 1. The number of carbonyl (C=O) groups excluding carboxylic acids is 1. The van der Waals surface area contributed by atoms with E-state index in [1.54, 1.807) is 18.2 Å². The summed E-state index contributed by atoms with van der Waals surface area (Å²) in [5.74, 6) is 0.571. The molecule has 0 spiro atoms. The Kier molecular flexibility index (Phi) is 6.68. The first-order valence-corrected chi connectivity index (χ1v) is 6.82. The predicted octanol–water partition coefficient (Wildman–Crippen LogP) is 2.63. The molecule has 0 aliphatic heterocycles. The highest BCUT2D eigenvalue weighted by atomic mass is 19.4. The minimum Gasteiger partial charge on any atom is -0.497 e. The Morgan fingerprint density at radius 1 is 1.26 bits per heavy atom. The molecule has 0 aliphatic rings. The van der Waals surface area contributed by atoms with Gasteiger partial charge in [-0.25, -0.2) is 0 Å². The van der Waals surface area contributed by atoms with E-state index in [1.807, 2.05) is 0 Å². The lowest BCUT2D eigenvalue weighted by atomic mass is 10.1. The van der Waals surface area contributed by atoms with Gasteiger partial charge in [-0.3, -0.25) is 4.79 Å². The summed E-state index contributed by atoms with van der Waals surface area (Å²) in [6, 6.07) is 5.10. The normalized spacial score (nSPS) is 12.7. The number of methoxy groups -OCH3 is 2. The highest BCUT2D eigenvalue weighted by molar-refractivity contribution is 5.80. The van der Waals surface area contributed by atoms with E-state index in [2.05, 4.69) is 4.74 Å². The molecule has 23 heavy (non-hydrogen) atoms. The molecule has 0 aliphatic carbocycles. The van der Waals surface area contributed by atoms with Crippen LogP contribution in [-0.4, -0.2) is 51.0 Å². The highest BCUT2D eigenvalue weighted by Crippen LogP contribution is 2.25. The molecular formula is C15H20F3NO4. The van der Waals surface area contributed by atoms with E-state index >= 15 is 0 Å². The molecule has 1 aromatic rings. The van der Waals surface area contributed by atoms with Crippen molar-refractivity contribution in [3.8, 4) is 11.5 Å². The number of amides is 1. The zero-order valence-corrected chi connectivity index (χ0v) is 13.4. The maximum Gasteiger partial charge on any atom is 0.411 e. The van der Waals surface area contributed by atoms with Gasteiger partial charge in [-0.1, -0.05) is 0 Å². The van der Waals surface area contributed by atoms with Crippen molar-refractivity contribution < 1.29 is 32.2 Å². The summed E-state index contributed by atoms with van der Waals surface area (Å²) < 4.78 is 51.2.